The first-order chi connectivity index (χ1) is 17.5. The largest absolute Gasteiger partial charge is 0.486 e. The Kier molecular flexibility index (Phi) is 7.29. The standard InChI is InChI=1S/C27H29ClN2O6/c28-17-9-7-16(8-10-17)15-30(27(34)22-6-3-13-35-22)20-14-19(26(33)29-11-12-31)23-18-4-1-2-5-21(18)36-25(23)24(20)32/h1-2,4-5,7-10,14,20,22-25,31-32H,3,6,11-13,15H2,(H,29,33)/t20-,22?,23+,24+,25+/m1/s1. The Bertz CT molecular complexity index is 1150. The number of benzene rings is 2. The van der Waals surface area contributed by atoms with Crippen LogP contribution in [0.3, 0.4) is 0 Å². The summed E-state index contributed by atoms with van der Waals surface area (Å²) in [6.07, 6.45) is 0.606. The second-order valence-corrected chi connectivity index (χ2v) is 9.71. The van der Waals surface area contributed by atoms with Crippen molar-refractivity contribution < 1.29 is 29.3 Å². The molecule has 9 heteroatoms. The monoisotopic (exact) mass is 512 g/mol. The molecule has 2 heterocycles. The Hall–Kier alpha value is -2.91. The molecule has 0 aromatic heterocycles. The molecule has 36 heavy (non-hydrogen) atoms. The number of fused-ring (bicyclic) bond motifs is 3. The van der Waals surface area contributed by atoms with Gasteiger partial charge in [-0.05, 0) is 42.7 Å². The molecule has 0 saturated carbocycles. The predicted molar refractivity (Wildman–Crippen MR) is 133 cm³/mol. The summed E-state index contributed by atoms with van der Waals surface area (Å²) < 4.78 is 11.8. The van der Waals surface area contributed by atoms with Crippen LogP contribution in [0.4, 0.5) is 0 Å². The van der Waals surface area contributed by atoms with Gasteiger partial charge in [0.05, 0.1) is 18.6 Å². The number of amides is 2. The summed E-state index contributed by atoms with van der Waals surface area (Å²) in [5.41, 5.74) is 2.03. The highest BCUT2D eigenvalue weighted by atomic mass is 35.5. The molecule has 8 nitrogen and oxygen atoms in total. The first-order valence-corrected chi connectivity index (χ1v) is 12.6. The lowest BCUT2D eigenvalue weighted by Gasteiger charge is -2.41. The summed E-state index contributed by atoms with van der Waals surface area (Å²) in [6, 6.07) is 13.7. The van der Waals surface area contributed by atoms with Crippen LogP contribution in [0.5, 0.6) is 5.75 Å². The lowest BCUT2D eigenvalue weighted by Crippen LogP contribution is -2.57. The zero-order valence-corrected chi connectivity index (χ0v) is 20.4. The van der Waals surface area contributed by atoms with Gasteiger partial charge in [0.25, 0.3) is 5.91 Å². The highest BCUT2D eigenvalue weighted by Gasteiger charge is 2.51. The van der Waals surface area contributed by atoms with Crippen LogP contribution < -0.4 is 10.1 Å². The SMILES string of the molecule is O=C(NCCO)C1=C[C@@H](N(Cc2ccc(Cl)cc2)C(=O)C2CCCO2)[C@H](O)[C@H]2Oc3ccccc3[C@@H]12. The number of nitrogens with zero attached hydrogens (tertiary/aromatic N) is 1. The molecule has 1 unspecified atom stereocenters. The van der Waals surface area contributed by atoms with Crippen LogP contribution >= 0.6 is 11.6 Å². The van der Waals surface area contributed by atoms with Crippen molar-refractivity contribution in [2.75, 3.05) is 19.8 Å². The maximum Gasteiger partial charge on any atom is 0.252 e. The highest BCUT2D eigenvalue weighted by molar-refractivity contribution is 6.30. The van der Waals surface area contributed by atoms with Crippen LogP contribution in [0.15, 0.2) is 60.2 Å². The van der Waals surface area contributed by atoms with Gasteiger partial charge in [0.2, 0.25) is 5.91 Å². The number of hydrogen-bond acceptors (Lipinski definition) is 6. The van der Waals surface area contributed by atoms with Crippen molar-refractivity contribution in [2.24, 2.45) is 0 Å². The molecule has 5 atom stereocenters. The summed E-state index contributed by atoms with van der Waals surface area (Å²) in [5, 5.41) is 24.1. The van der Waals surface area contributed by atoms with Gasteiger partial charge in [0.15, 0.2) is 0 Å². The minimum atomic E-state index is -1.09. The lowest BCUT2D eigenvalue weighted by molar-refractivity contribution is -0.147. The zero-order chi connectivity index (χ0) is 25.2. The molecule has 1 fully saturated rings. The fourth-order valence-electron chi connectivity index (χ4n) is 5.27. The number of hydrogen-bond donors (Lipinski definition) is 3. The van der Waals surface area contributed by atoms with Crippen LogP contribution in [-0.2, 0) is 20.9 Å². The zero-order valence-electron chi connectivity index (χ0n) is 19.7. The van der Waals surface area contributed by atoms with E-state index in [2.05, 4.69) is 5.32 Å². The van der Waals surface area contributed by atoms with E-state index in [4.69, 9.17) is 21.1 Å². The average molecular weight is 513 g/mol. The lowest BCUT2D eigenvalue weighted by atomic mass is 9.77. The molecule has 2 aromatic rings. The maximum atomic E-state index is 13.7. The Morgan fingerprint density at radius 3 is 2.64 bits per heavy atom. The van der Waals surface area contributed by atoms with Crippen molar-refractivity contribution in [1.29, 1.82) is 0 Å². The molecule has 0 spiro atoms. The number of rotatable bonds is 7. The number of aliphatic hydroxyl groups excluding tert-OH is 2. The Labute approximate surface area is 214 Å². The molecule has 3 N–H and O–H groups in total. The van der Waals surface area contributed by atoms with Gasteiger partial charge in [-0.25, -0.2) is 0 Å². The quantitative estimate of drug-likeness (QED) is 0.525. The molecule has 2 amide bonds. The molecule has 5 rings (SSSR count). The van der Waals surface area contributed by atoms with Gasteiger partial charge in [0.1, 0.15) is 24.1 Å². The van der Waals surface area contributed by atoms with Crippen LogP contribution in [0.25, 0.3) is 0 Å². The smallest absolute Gasteiger partial charge is 0.252 e. The summed E-state index contributed by atoms with van der Waals surface area (Å²) in [7, 11) is 0. The van der Waals surface area contributed by atoms with E-state index >= 15 is 0 Å². The van der Waals surface area contributed by atoms with Crippen molar-refractivity contribution in [3.8, 4) is 5.75 Å². The predicted octanol–water partition coefficient (Wildman–Crippen LogP) is 2.17. The number of para-hydroxylation sites is 1. The summed E-state index contributed by atoms with van der Waals surface area (Å²) >= 11 is 6.06. The number of aliphatic hydroxyl groups is 2. The normalized spacial score (nSPS) is 26.4. The Balaban J connectivity index is 1.55. The molecule has 0 radical (unpaired) electrons. The van der Waals surface area contributed by atoms with E-state index in [1.807, 2.05) is 36.4 Å². The van der Waals surface area contributed by atoms with Crippen LogP contribution in [0.2, 0.25) is 5.02 Å². The van der Waals surface area contributed by atoms with Gasteiger partial charge < -0.3 is 29.9 Å². The van der Waals surface area contributed by atoms with Gasteiger partial charge >= 0.3 is 0 Å². The van der Waals surface area contributed by atoms with Crippen molar-refractivity contribution in [3.05, 3.63) is 76.3 Å². The van der Waals surface area contributed by atoms with E-state index in [1.165, 1.54) is 0 Å². The summed E-state index contributed by atoms with van der Waals surface area (Å²) in [4.78, 5) is 28.5. The van der Waals surface area contributed by atoms with Gasteiger partial charge in [-0.2, -0.15) is 0 Å². The molecular formula is C27H29ClN2O6. The summed E-state index contributed by atoms with van der Waals surface area (Å²) in [6.45, 7) is 0.592. The fourth-order valence-corrected chi connectivity index (χ4v) is 5.39. The molecule has 0 bridgehead atoms. The van der Waals surface area contributed by atoms with E-state index < -0.39 is 30.3 Å². The molecule has 190 valence electrons. The molecule has 1 saturated heterocycles. The summed E-state index contributed by atoms with van der Waals surface area (Å²) in [5.74, 6) is -0.511. The molecule has 2 aromatic carbocycles. The van der Waals surface area contributed by atoms with Crippen molar-refractivity contribution in [3.63, 3.8) is 0 Å². The fraction of sp³-hybridized carbons (Fsp3) is 0.407. The van der Waals surface area contributed by atoms with Crippen molar-refractivity contribution in [2.45, 2.75) is 49.7 Å². The third-order valence-corrected chi connectivity index (χ3v) is 7.24. The van der Waals surface area contributed by atoms with Gasteiger partial charge in [-0.15, -0.1) is 0 Å². The Morgan fingerprint density at radius 2 is 1.92 bits per heavy atom. The number of carbonyl (C=O) groups excluding carboxylic acids is 2. The number of nitrogens with one attached hydrogen (secondary N) is 1. The highest BCUT2D eigenvalue weighted by Crippen LogP contribution is 2.47. The molecule has 3 aliphatic rings. The van der Waals surface area contributed by atoms with Crippen molar-refractivity contribution in [1.82, 2.24) is 10.2 Å². The Morgan fingerprint density at radius 1 is 1.14 bits per heavy atom. The third kappa shape index (κ3) is 4.74. The molecule has 1 aliphatic carbocycles. The topological polar surface area (TPSA) is 108 Å². The first kappa shape index (κ1) is 24.8. The molecular weight excluding hydrogens is 484 g/mol. The van der Waals surface area contributed by atoms with Crippen LogP contribution in [0, 0.1) is 0 Å². The number of halogens is 1. The van der Waals surface area contributed by atoms with E-state index in [0.717, 1.165) is 17.5 Å². The van der Waals surface area contributed by atoms with Gasteiger partial charge in [-0.3, -0.25) is 9.59 Å². The van der Waals surface area contributed by atoms with E-state index in [-0.39, 0.29) is 31.5 Å². The third-order valence-electron chi connectivity index (χ3n) is 6.99. The maximum absolute atomic E-state index is 13.7. The molecule has 2 aliphatic heterocycles. The van der Waals surface area contributed by atoms with Crippen molar-refractivity contribution >= 4 is 23.4 Å². The van der Waals surface area contributed by atoms with E-state index in [0.29, 0.717) is 29.4 Å². The minimum Gasteiger partial charge on any atom is -0.486 e. The van der Waals surface area contributed by atoms with Crippen LogP contribution in [-0.4, -0.2) is 71.0 Å². The number of carbonyl (C=O) groups is 2. The van der Waals surface area contributed by atoms with Gasteiger partial charge in [0, 0.05) is 35.9 Å². The van der Waals surface area contributed by atoms with Gasteiger partial charge in [-0.1, -0.05) is 41.9 Å². The second-order valence-electron chi connectivity index (χ2n) is 9.27. The van der Waals surface area contributed by atoms with Crippen LogP contribution in [0.1, 0.15) is 29.9 Å². The first-order valence-electron chi connectivity index (χ1n) is 12.2. The second kappa shape index (κ2) is 10.6. The number of ether oxygens (including phenoxy) is 2. The minimum absolute atomic E-state index is 0.0899. The van der Waals surface area contributed by atoms with E-state index in [9.17, 15) is 19.8 Å². The average Bonchev–Trinajstić information content (AvgIpc) is 3.56. The van der Waals surface area contributed by atoms with E-state index in [1.54, 1.807) is 23.1 Å².